The van der Waals surface area contributed by atoms with Gasteiger partial charge in [-0.15, -0.1) is 0 Å². The molecule has 0 saturated carbocycles. The first kappa shape index (κ1) is 16.9. The molecular formula is C19H14N4O3S. The number of aromatic amines is 1. The Morgan fingerprint density at radius 2 is 1.96 bits per heavy atom. The van der Waals surface area contributed by atoms with Gasteiger partial charge in [0.15, 0.2) is 10.2 Å². The monoisotopic (exact) mass is 378 g/mol. The maximum absolute atomic E-state index is 11.9. The summed E-state index contributed by atoms with van der Waals surface area (Å²) in [6.45, 7) is 0. The highest BCUT2D eigenvalue weighted by Gasteiger charge is 2.08. The van der Waals surface area contributed by atoms with Crippen LogP contribution in [0.2, 0.25) is 0 Å². The molecule has 2 aromatic heterocycles. The molecule has 0 radical (unpaired) electrons. The quantitative estimate of drug-likeness (QED) is 0.362. The number of nitrogens with one attached hydrogen (secondary N) is 2. The van der Waals surface area contributed by atoms with Crippen molar-refractivity contribution in [2.75, 3.05) is 0 Å². The molecule has 4 aromatic rings. The van der Waals surface area contributed by atoms with Crippen molar-refractivity contribution in [3.05, 3.63) is 72.0 Å². The average molecular weight is 378 g/mol. The van der Waals surface area contributed by atoms with E-state index in [0.717, 1.165) is 16.2 Å². The van der Waals surface area contributed by atoms with E-state index in [9.17, 15) is 9.90 Å². The van der Waals surface area contributed by atoms with E-state index in [-0.39, 0.29) is 11.7 Å². The normalized spacial score (nSPS) is 11.3. The Bertz CT molecular complexity index is 1080. The van der Waals surface area contributed by atoms with Gasteiger partial charge < -0.3 is 14.5 Å². The van der Waals surface area contributed by atoms with E-state index in [0.29, 0.717) is 16.4 Å². The third kappa shape index (κ3) is 4.01. The summed E-state index contributed by atoms with van der Waals surface area (Å²) in [5, 5.41) is 14.5. The van der Waals surface area contributed by atoms with Crippen LogP contribution in [0.5, 0.6) is 5.75 Å². The number of phenols is 1. The maximum Gasteiger partial charge on any atom is 0.271 e. The number of imidazole rings is 1. The van der Waals surface area contributed by atoms with Crippen molar-refractivity contribution in [3.8, 4) is 5.75 Å². The van der Waals surface area contributed by atoms with Crippen LogP contribution in [0, 0.1) is 0 Å². The summed E-state index contributed by atoms with van der Waals surface area (Å²) in [7, 11) is 0. The molecule has 4 rings (SSSR count). The first-order valence-corrected chi connectivity index (χ1v) is 8.84. The SMILES string of the molecule is O=C(N/N=C\c1ccc(Sc2nc3ccccc3[nH]2)o1)c1ccc(O)cc1. The van der Waals surface area contributed by atoms with E-state index >= 15 is 0 Å². The van der Waals surface area contributed by atoms with Crippen LogP contribution >= 0.6 is 11.8 Å². The van der Waals surface area contributed by atoms with Gasteiger partial charge in [-0.2, -0.15) is 5.10 Å². The lowest BCUT2D eigenvalue weighted by molar-refractivity contribution is 0.0955. The zero-order chi connectivity index (χ0) is 18.6. The number of phenolic OH excluding ortho intramolecular Hbond substituents is 1. The van der Waals surface area contributed by atoms with Crippen molar-refractivity contribution in [1.82, 2.24) is 15.4 Å². The largest absolute Gasteiger partial charge is 0.508 e. The highest BCUT2D eigenvalue weighted by atomic mass is 32.2. The van der Waals surface area contributed by atoms with Gasteiger partial charge in [0.25, 0.3) is 5.91 Å². The van der Waals surface area contributed by atoms with Gasteiger partial charge in [0.1, 0.15) is 11.5 Å². The standard InChI is InChI=1S/C19H14N4O3S/c24-13-7-5-12(6-8-13)18(25)23-20-11-14-9-10-17(26-14)27-19-21-15-3-1-2-4-16(15)22-19/h1-11,24H,(H,21,22)(H,23,25)/b20-11-. The molecule has 0 bridgehead atoms. The number of aromatic nitrogens is 2. The number of hydrogen-bond donors (Lipinski definition) is 3. The summed E-state index contributed by atoms with van der Waals surface area (Å²) in [5.74, 6) is 0.217. The second-order valence-electron chi connectivity index (χ2n) is 5.56. The number of benzene rings is 2. The Morgan fingerprint density at radius 1 is 1.15 bits per heavy atom. The predicted octanol–water partition coefficient (Wildman–Crippen LogP) is 3.78. The predicted molar refractivity (Wildman–Crippen MR) is 102 cm³/mol. The number of H-pyrrole nitrogens is 1. The first-order chi connectivity index (χ1) is 13.2. The minimum Gasteiger partial charge on any atom is -0.508 e. The van der Waals surface area contributed by atoms with Crippen LogP contribution in [0.3, 0.4) is 0 Å². The van der Waals surface area contributed by atoms with E-state index in [4.69, 9.17) is 4.42 Å². The summed E-state index contributed by atoms with van der Waals surface area (Å²) >= 11 is 1.37. The van der Waals surface area contributed by atoms with Gasteiger partial charge in [0, 0.05) is 5.56 Å². The Kier molecular flexibility index (Phi) is 4.63. The molecule has 0 aliphatic rings. The molecule has 0 saturated heterocycles. The van der Waals surface area contributed by atoms with E-state index in [1.165, 1.54) is 42.2 Å². The van der Waals surface area contributed by atoms with Crippen LogP contribution < -0.4 is 5.43 Å². The van der Waals surface area contributed by atoms with Gasteiger partial charge in [-0.05, 0) is 60.3 Å². The van der Waals surface area contributed by atoms with E-state index < -0.39 is 0 Å². The minimum atomic E-state index is -0.380. The molecule has 0 spiro atoms. The number of hydrogen-bond acceptors (Lipinski definition) is 6. The number of furan rings is 1. The van der Waals surface area contributed by atoms with Gasteiger partial charge in [0.2, 0.25) is 0 Å². The summed E-state index contributed by atoms with van der Waals surface area (Å²) in [5.41, 5.74) is 4.66. The smallest absolute Gasteiger partial charge is 0.271 e. The van der Waals surface area contributed by atoms with E-state index in [2.05, 4.69) is 20.5 Å². The van der Waals surface area contributed by atoms with Crippen molar-refractivity contribution in [2.45, 2.75) is 10.2 Å². The fourth-order valence-electron chi connectivity index (χ4n) is 2.36. The van der Waals surface area contributed by atoms with Gasteiger partial charge in [0.05, 0.1) is 17.2 Å². The van der Waals surface area contributed by atoms with Gasteiger partial charge in [-0.1, -0.05) is 12.1 Å². The lowest BCUT2D eigenvalue weighted by atomic mass is 10.2. The van der Waals surface area contributed by atoms with Gasteiger partial charge >= 0.3 is 0 Å². The van der Waals surface area contributed by atoms with Crippen LogP contribution in [0.25, 0.3) is 11.0 Å². The Hall–Kier alpha value is -3.52. The fraction of sp³-hybridized carbons (Fsp3) is 0. The maximum atomic E-state index is 11.9. The van der Waals surface area contributed by atoms with Gasteiger partial charge in [-0.25, -0.2) is 10.4 Å². The average Bonchev–Trinajstić information content (AvgIpc) is 3.28. The van der Waals surface area contributed by atoms with Crippen molar-refractivity contribution in [2.24, 2.45) is 5.10 Å². The fourth-order valence-corrected chi connectivity index (χ4v) is 3.13. The van der Waals surface area contributed by atoms with Gasteiger partial charge in [-0.3, -0.25) is 4.79 Å². The Labute approximate surface area is 158 Å². The van der Waals surface area contributed by atoms with Crippen LogP contribution in [0.1, 0.15) is 16.1 Å². The summed E-state index contributed by atoms with van der Waals surface area (Å²) in [6.07, 6.45) is 1.42. The highest BCUT2D eigenvalue weighted by Crippen LogP contribution is 2.28. The molecule has 8 heteroatoms. The number of aromatic hydroxyl groups is 1. The third-order valence-corrected chi connectivity index (χ3v) is 4.46. The first-order valence-electron chi connectivity index (χ1n) is 8.02. The lowest BCUT2D eigenvalue weighted by Gasteiger charge is -1.99. The van der Waals surface area contributed by atoms with Crippen molar-refractivity contribution in [1.29, 1.82) is 0 Å². The molecule has 0 unspecified atom stereocenters. The molecule has 0 fully saturated rings. The summed E-state index contributed by atoms with van der Waals surface area (Å²) in [4.78, 5) is 19.6. The lowest BCUT2D eigenvalue weighted by Crippen LogP contribution is -2.17. The molecule has 134 valence electrons. The van der Waals surface area contributed by atoms with Crippen molar-refractivity contribution in [3.63, 3.8) is 0 Å². The molecule has 3 N–H and O–H groups in total. The number of rotatable bonds is 5. The molecule has 0 aliphatic heterocycles. The Morgan fingerprint density at radius 3 is 2.78 bits per heavy atom. The molecule has 2 heterocycles. The molecule has 2 aromatic carbocycles. The number of hydrazone groups is 1. The number of nitrogens with zero attached hydrogens (tertiary/aromatic N) is 2. The third-order valence-electron chi connectivity index (χ3n) is 3.65. The molecular weight excluding hydrogens is 364 g/mol. The molecule has 1 amide bonds. The number of amides is 1. The van der Waals surface area contributed by atoms with Crippen LogP contribution in [-0.4, -0.2) is 27.2 Å². The van der Waals surface area contributed by atoms with Crippen LogP contribution in [0.4, 0.5) is 0 Å². The summed E-state index contributed by atoms with van der Waals surface area (Å²) < 4.78 is 5.66. The zero-order valence-electron chi connectivity index (χ0n) is 13.9. The van der Waals surface area contributed by atoms with E-state index in [1.54, 1.807) is 12.1 Å². The minimum absolute atomic E-state index is 0.0973. The second-order valence-corrected chi connectivity index (χ2v) is 6.56. The molecule has 0 atom stereocenters. The number of para-hydroxylation sites is 2. The number of fused-ring (bicyclic) bond motifs is 1. The highest BCUT2D eigenvalue weighted by molar-refractivity contribution is 7.99. The zero-order valence-corrected chi connectivity index (χ0v) is 14.7. The van der Waals surface area contributed by atoms with Crippen LogP contribution in [0.15, 0.2) is 80.4 Å². The number of carbonyl (C=O) groups is 1. The van der Waals surface area contributed by atoms with Crippen molar-refractivity contribution >= 4 is 34.9 Å². The molecule has 0 aliphatic carbocycles. The van der Waals surface area contributed by atoms with Crippen LogP contribution in [-0.2, 0) is 0 Å². The van der Waals surface area contributed by atoms with E-state index in [1.807, 2.05) is 24.3 Å². The second kappa shape index (κ2) is 7.38. The van der Waals surface area contributed by atoms with Crippen molar-refractivity contribution < 1.29 is 14.3 Å². The molecule has 27 heavy (non-hydrogen) atoms. The molecule has 7 nitrogen and oxygen atoms in total. The number of carbonyl (C=O) groups excluding carboxylic acids is 1. The Balaban J connectivity index is 1.38. The summed E-state index contributed by atoms with van der Waals surface area (Å²) in [6, 6.07) is 17.2. The topological polar surface area (TPSA) is 104 Å².